The fraction of sp³-hybridized carbons (Fsp3) is 0.812. The lowest BCUT2D eigenvalue weighted by molar-refractivity contribution is -0.139. The SMILES string of the molecule is CC(=O)OC/C=C/CCCCCO[Si](C)(C)C(C)(C)C. The number of unbranched alkanes of at least 4 members (excludes halogenated alkanes) is 3. The summed E-state index contributed by atoms with van der Waals surface area (Å²) in [5.74, 6) is -0.225. The molecule has 0 aliphatic heterocycles. The molecule has 118 valence electrons. The Hall–Kier alpha value is -0.613. The van der Waals surface area contributed by atoms with Gasteiger partial charge in [-0.05, 0) is 37.4 Å². The zero-order chi connectivity index (χ0) is 15.6. The number of rotatable bonds is 9. The standard InChI is InChI=1S/C16H32O3Si/c1-15(17)18-13-11-9-7-8-10-12-14-19-20(5,6)16(2,3)4/h9,11H,7-8,10,12-14H2,1-6H3/b11-9+. The maximum absolute atomic E-state index is 10.5. The second-order valence-electron chi connectivity index (χ2n) is 6.73. The molecule has 0 unspecified atom stereocenters. The van der Waals surface area contributed by atoms with E-state index in [-0.39, 0.29) is 5.97 Å². The van der Waals surface area contributed by atoms with Gasteiger partial charge in [0, 0.05) is 13.5 Å². The van der Waals surface area contributed by atoms with E-state index in [2.05, 4.69) is 39.9 Å². The van der Waals surface area contributed by atoms with Crippen LogP contribution in [-0.2, 0) is 14.0 Å². The van der Waals surface area contributed by atoms with E-state index >= 15 is 0 Å². The highest BCUT2D eigenvalue weighted by atomic mass is 28.4. The Morgan fingerprint density at radius 1 is 1.10 bits per heavy atom. The first-order valence-electron chi connectivity index (χ1n) is 7.59. The van der Waals surface area contributed by atoms with E-state index in [0.29, 0.717) is 11.6 Å². The van der Waals surface area contributed by atoms with Crippen LogP contribution in [0.15, 0.2) is 12.2 Å². The van der Waals surface area contributed by atoms with Gasteiger partial charge in [-0.1, -0.05) is 39.3 Å². The predicted octanol–water partition coefficient (Wildman–Crippen LogP) is 4.69. The van der Waals surface area contributed by atoms with Crippen molar-refractivity contribution in [3.63, 3.8) is 0 Å². The molecule has 0 bridgehead atoms. The van der Waals surface area contributed by atoms with Gasteiger partial charge >= 0.3 is 5.97 Å². The zero-order valence-corrected chi connectivity index (χ0v) is 15.1. The van der Waals surface area contributed by atoms with Gasteiger partial charge in [-0.2, -0.15) is 0 Å². The van der Waals surface area contributed by atoms with Crippen LogP contribution in [0.2, 0.25) is 18.1 Å². The summed E-state index contributed by atoms with van der Waals surface area (Å²) >= 11 is 0. The number of hydrogen-bond donors (Lipinski definition) is 0. The first kappa shape index (κ1) is 19.4. The summed E-state index contributed by atoms with van der Waals surface area (Å²) in [7, 11) is -1.56. The summed E-state index contributed by atoms with van der Waals surface area (Å²) in [6.45, 7) is 14.1. The molecule has 0 radical (unpaired) electrons. The highest BCUT2D eigenvalue weighted by Gasteiger charge is 2.36. The highest BCUT2D eigenvalue weighted by molar-refractivity contribution is 6.74. The van der Waals surface area contributed by atoms with E-state index in [1.165, 1.54) is 13.3 Å². The zero-order valence-electron chi connectivity index (χ0n) is 14.1. The number of allylic oxidation sites excluding steroid dienone is 1. The number of carbonyl (C=O) groups is 1. The van der Waals surface area contributed by atoms with Crippen LogP contribution in [0.1, 0.15) is 53.4 Å². The van der Waals surface area contributed by atoms with Crippen LogP contribution in [0, 0.1) is 0 Å². The average molecular weight is 301 g/mol. The third-order valence-corrected chi connectivity index (χ3v) is 8.37. The third kappa shape index (κ3) is 9.32. The maximum atomic E-state index is 10.5. The molecule has 20 heavy (non-hydrogen) atoms. The van der Waals surface area contributed by atoms with Crippen LogP contribution in [0.5, 0.6) is 0 Å². The summed E-state index contributed by atoms with van der Waals surface area (Å²) in [6, 6.07) is 0. The van der Waals surface area contributed by atoms with Crippen molar-refractivity contribution in [3.05, 3.63) is 12.2 Å². The van der Waals surface area contributed by atoms with Gasteiger partial charge in [-0.25, -0.2) is 0 Å². The predicted molar refractivity (Wildman–Crippen MR) is 87.4 cm³/mol. The van der Waals surface area contributed by atoms with E-state index in [1.54, 1.807) is 0 Å². The van der Waals surface area contributed by atoms with Crippen molar-refractivity contribution in [3.8, 4) is 0 Å². The molecular formula is C16H32O3Si. The van der Waals surface area contributed by atoms with Gasteiger partial charge in [0.25, 0.3) is 0 Å². The molecule has 0 saturated carbocycles. The Morgan fingerprint density at radius 2 is 1.75 bits per heavy atom. The first-order chi connectivity index (χ1) is 9.17. The van der Waals surface area contributed by atoms with E-state index in [9.17, 15) is 4.79 Å². The topological polar surface area (TPSA) is 35.5 Å². The van der Waals surface area contributed by atoms with Gasteiger partial charge in [-0.3, -0.25) is 4.79 Å². The molecule has 0 aromatic carbocycles. The monoisotopic (exact) mass is 300 g/mol. The molecule has 0 aromatic rings. The summed E-state index contributed by atoms with van der Waals surface area (Å²) in [5.41, 5.74) is 0. The first-order valence-corrected chi connectivity index (χ1v) is 10.5. The van der Waals surface area contributed by atoms with Crippen LogP contribution < -0.4 is 0 Å². The lowest BCUT2D eigenvalue weighted by Crippen LogP contribution is -2.40. The van der Waals surface area contributed by atoms with Crippen molar-refractivity contribution < 1.29 is 14.0 Å². The normalized spacial score (nSPS) is 12.9. The number of esters is 1. The van der Waals surface area contributed by atoms with Crippen molar-refractivity contribution in [2.24, 2.45) is 0 Å². The molecule has 0 heterocycles. The van der Waals surface area contributed by atoms with Gasteiger partial charge in [0.05, 0.1) is 0 Å². The number of carbonyl (C=O) groups excluding carboxylic acids is 1. The average Bonchev–Trinajstić information content (AvgIpc) is 2.29. The van der Waals surface area contributed by atoms with Gasteiger partial charge in [0.1, 0.15) is 6.61 Å². The molecule has 0 N–H and O–H groups in total. The Morgan fingerprint density at radius 3 is 2.30 bits per heavy atom. The fourth-order valence-electron chi connectivity index (χ4n) is 1.44. The fourth-order valence-corrected chi connectivity index (χ4v) is 2.52. The molecule has 0 atom stereocenters. The summed E-state index contributed by atoms with van der Waals surface area (Å²) in [4.78, 5) is 10.5. The smallest absolute Gasteiger partial charge is 0.302 e. The van der Waals surface area contributed by atoms with Crippen molar-refractivity contribution in [2.75, 3.05) is 13.2 Å². The van der Waals surface area contributed by atoms with Crippen LogP contribution in [-0.4, -0.2) is 27.5 Å². The molecule has 0 aliphatic rings. The van der Waals surface area contributed by atoms with Crippen molar-refractivity contribution in [2.45, 2.75) is 71.5 Å². The Labute approximate surface area is 125 Å². The Kier molecular flexibility index (Phi) is 9.06. The van der Waals surface area contributed by atoms with Crippen molar-refractivity contribution in [1.29, 1.82) is 0 Å². The van der Waals surface area contributed by atoms with Gasteiger partial charge in [0.2, 0.25) is 0 Å². The van der Waals surface area contributed by atoms with Crippen LogP contribution in [0.4, 0.5) is 0 Å². The second kappa shape index (κ2) is 9.35. The van der Waals surface area contributed by atoms with Crippen LogP contribution >= 0.6 is 0 Å². The molecule has 3 nitrogen and oxygen atoms in total. The molecular weight excluding hydrogens is 268 g/mol. The molecule has 0 saturated heterocycles. The van der Waals surface area contributed by atoms with Crippen molar-refractivity contribution in [1.82, 2.24) is 0 Å². The van der Waals surface area contributed by atoms with Gasteiger partial charge in [-0.15, -0.1) is 0 Å². The number of hydrogen-bond acceptors (Lipinski definition) is 3. The lowest BCUT2D eigenvalue weighted by Gasteiger charge is -2.36. The van der Waals surface area contributed by atoms with Crippen LogP contribution in [0.25, 0.3) is 0 Å². The molecule has 0 spiro atoms. The van der Waals surface area contributed by atoms with Gasteiger partial charge in [0.15, 0.2) is 8.32 Å². The third-order valence-electron chi connectivity index (χ3n) is 3.83. The maximum Gasteiger partial charge on any atom is 0.302 e. The summed E-state index contributed by atoms with van der Waals surface area (Å²) < 4.78 is 10.9. The molecule has 0 fully saturated rings. The Bertz CT molecular complexity index is 303. The summed E-state index contributed by atoms with van der Waals surface area (Å²) in [5, 5.41) is 0.298. The lowest BCUT2D eigenvalue weighted by atomic mass is 10.2. The van der Waals surface area contributed by atoms with E-state index < -0.39 is 8.32 Å². The molecule has 0 aliphatic carbocycles. The second-order valence-corrected chi connectivity index (χ2v) is 11.5. The minimum Gasteiger partial charge on any atom is -0.462 e. The molecule has 0 amide bonds. The van der Waals surface area contributed by atoms with Crippen LogP contribution in [0.3, 0.4) is 0 Å². The van der Waals surface area contributed by atoms with E-state index in [1.807, 2.05) is 6.08 Å². The highest BCUT2D eigenvalue weighted by Crippen LogP contribution is 2.36. The van der Waals surface area contributed by atoms with E-state index in [4.69, 9.17) is 9.16 Å². The van der Waals surface area contributed by atoms with E-state index in [0.717, 1.165) is 25.9 Å². The van der Waals surface area contributed by atoms with Gasteiger partial charge < -0.3 is 9.16 Å². The molecule has 0 aromatic heterocycles. The minimum atomic E-state index is -1.56. The molecule has 0 rings (SSSR count). The van der Waals surface area contributed by atoms with Crippen molar-refractivity contribution >= 4 is 14.3 Å². The summed E-state index contributed by atoms with van der Waals surface area (Å²) in [6.07, 6.45) is 8.51. The molecule has 4 heteroatoms. The minimum absolute atomic E-state index is 0.225. The Balaban J connectivity index is 3.52. The largest absolute Gasteiger partial charge is 0.462 e. The quantitative estimate of drug-likeness (QED) is 0.268. The number of ether oxygens (including phenoxy) is 1.